The number of fused-ring (bicyclic) bond motifs is 1. The van der Waals surface area contributed by atoms with E-state index in [2.05, 4.69) is 15.6 Å². The van der Waals surface area contributed by atoms with Gasteiger partial charge in [0.15, 0.2) is 17.3 Å². The molecule has 11 nitrogen and oxygen atoms in total. The molecule has 1 fully saturated rings. The molecule has 14 heteroatoms. The van der Waals surface area contributed by atoms with Gasteiger partial charge in [0.2, 0.25) is 17.2 Å². The van der Waals surface area contributed by atoms with Gasteiger partial charge in [-0.25, -0.2) is 22.9 Å². The first-order valence-electron chi connectivity index (χ1n) is 13.0. The van der Waals surface area contributed by atoms with Crippen molar-refractivity contribution in [3.63, 3.8) is 0 Å². The Balaban J connectivity index is 1.67. The molecule has 3 unspecified atom stereocenters. The number of nitrogens with one attached hydrogen (secondary N) is 2. The number of rotatable bonds is 9. The molecule has 0 spiro atoms. The minimum atomic E-state index is -1.62. The number of nitrogens with zero attached hydrogens (tertiary/aromatic N) is 3. The van der Waals surface area contributed by atoms with Crippen molar-refractivity contribution in [1.82, 2.24) is 20.2 Å². The topological polar surface area (TPSA) is 160 Å². The van der Waals surface area contributed by atoms with Crippen molar-refractivity contribution in [3.05, 3.63) is 63.7 Å². The van der Waals surface area contributed by atoms with Crippen LogP contribution in [0.2, 0.25) is 0 Å². The van der Waals surface area contributed by atoms with Crippen molar-refractivity contribution in [2.24, 2.45) is 5.73 Å². The van der Waals surface area contributed by atoms with E-state index in [1.54, 1.807) is 0 Å². The fourth-order valence-corrected chi connectivity index (χ4v) is 4.68. The lowest BCUT2D eigenvalue weighted by Gasteiger charge is -2.23. The molecule has 0 aliphatic carbocycles. The summed E-state index contributed by atoms with van der Waals surface area (Å²) in [6.45, 7) is 3.75. The number of aromatic nitrogens is 2. The number of carboxylic acid groups (broad SMARTS) is 1. The Morgan fingerprint density at radius 3 is 2.54 bits per heavy atom. The van der Waals surface area contributed by atoms with Crippen LogP contribution in [0.25, 0.3) is 16.7 Å². The second kappa shape index (κ2) is 12.0. The summed E-state index contributed by atoms with van der Waals surface area (Å²) in [5, 5.41) is 14.6. The SMILES string of the molecule is CCCC(NC(=O)C(C)N)C(=O)NC1CCN(c2nc3c(cc2F)c(=O)c(C(=O)O)cn3-c2ccc(F)cc2F)C1. The molecule has 3 atom stereocenters. The van der Waals surface area contributed by atoms with Gasteiger partial charge in [0.1, 0.15) is 23.2 Å². The Bertz CT molecular complexity index is 1580. The molecular weight excluding hydrogens is 545 g/mol. The van der Waals surface area contributed by atoms with Gasteiger partial charge in [-0.3, -0.25) is 19.0 Å². The van der Waals surface area contributed by atoms with Crippen molar-refractivity contribution in [3.8, 4) is 5.69 Å². The minimum Gasteiger partial charge on any atom is -0.477 e. The Hall–Kier alpha value is -4.46. The number of benzene rings is 1. The molecule has 2 aromatic heterocycles. The highest BCUT2D eigenvalue weighted by Gasteiger charge is 2.31. The molecule has 4 rings (SSSR count). The van der Waals surface area contributed by atoms with Gasteiger partial charge in [-0.1, -0.05) is 13.3 Å². The van der Waals surface area contributed by atoms with E-state index in [9.17, 15) is 33.1 Å². The summed E-state index contributed by atoms with van der Waals surface area (Å²) in [6.07, 6.45) is 2.27. The molecule has 0 saturated carbocycles. The first kappa shape index (κ1) is 29.5. The maximum Gasteiger partial charge on any atom is 0.341 e. The highest BCUT2D eigenvalue weighted by Crippen LogP contribution is 2.27. The van der Waals surface area contributed by atoms with Crippen LogP contribution in [-0.4, -0.2) is 63.7 Å². The number of hydrogen-bond donors (Lipinski definition) is 4. The fourth-order valence-electron chi connectivity index (χ4n) is 4.68. The van der Waals surface area contributed by atoms with Crippen molar-refractivity contribution >= 4 is 34.6 Å². The van der Waals surface area contributed by atoms with E-state index >= 15 is 4.39 Å². The second-order valence-electron chi connectivity index (χ2n) is 9.89. The molecule has 1 aliphatic heterocycles. The van der Waals surface area contributed by atoms with Crippen LogP contribution >= 0.6 is 0 Å². The maximum absolute atomic E-state index is 15.3. The van der Waals surface area contributed by atoms with Crippen molar-refractivity contribution in [2.75, 3.05) is 18.0 Å². The zero-order chi connectivity index (χ0) is 30.0. The van der Waals surface area contributed by atoms with Crippen LogP contribution in [0, 0.1) is 17.5 Å². The Morgan fingerprint density at radius 2 is 1.90 bits per heavy atom. The lowest BCUT2D eigenvalue weighted by Crippen LogP contribution is -2.53. The van der Waals surface area contributed by atoms with Crippen LogP contribution in [0.1, 0.15) is 43.5 Å². The van der Waals surface area contributed by atoms with Crippen LogP contribution in [-0.2, 0) is 9.59 Å². The number of anilines is 1. The summed E-state index contributed by atoms with van der Waals surface area (Å²) < 4.78 is 44.6. The predicted molar refractivity (Wildman–Crippen MR) is 143 cm³/mol. The van der Waals surface area contributed by atoms with Crippen LogP contribution in [0.15, 0.2) is 35.3 Å². The number of nitrogens with two attached hydrogens (primary N) is 1. The van der Waals surface area contributed by atoms with E-state index < -0.39 is 69.7 Å². The van der Waals surface area contributed by atoms with E-state index in [0.717, 1.165) is 29.0 Å². The van der Waals surface area contributed by atoms with Gasteiger partial charge >= 0.3 is 5.97 Å². The molecule has 2 amide bonds. The monoisotopic (exact) mass is 574 g/mol. The standard InChI is InChI=1S/C27H29F3N6O5/c1-3-4-20(33-25(38)13(2)31)26(39)32-15-7-8-35(11-15)24-19(30)10-16-22(37)17(27(40)41)12-36(23(16)34-24)21-6-5-14(28)9-18(21)29/h5-6,9-10,12-13,15,20H,3-4,7-8,11,31H2,1-2H3,(H,32,39)(H,33,38)(H,40,41). The van der Waals surface area contributed by atoms with Gasteiger partial charge in [-0.2, -0.15) is 0 Å². The predicted octanol–water partition coefficient (Wildman–Crippen LogP) is 1.83. The second-order valence-corrected chi connectivity index (χ2v) is 9.89. The molecule has 1 aliphatic rings. The van der Waals surface area contributed by atoms with Crippen LogP contribution in [0.5, 0.6) is 0 Å². The largest absolute Gasteiger partial charge is 0.477 e. The lowest BCUT2D eigenvalue weighted by molar-refractivity contribution is -0.129. The average molecular weight is 575 g/mol. The average Bonchev–Trinajstić information content (AvgIpc) is 3.36. The lowest BCUT2D eigenvalue weighted by atomic mass is 10.1. The van der Waals surface area contributed by atoms with E-state index in [1.165, 1.54) is 11.8 Å². The molecule has 41 heavy (non-hydrogen) atoms. The van der Waals surface area contributed by atoms with Gasteiger partial charge in [0.05, 0.1) is 17.1 Å². The van der Waals surface area contributed by atoms with Crippen molar-refractivity contribution < 1.29 is 32.7 Å². The van der Waals surface area contributed by atoms with Crippen LogP contribution in [0.4, 0.5) is 19.0 Å². The smallest absolute Gasteiger partial charge is 0.341 e. The maximum atomic E-state index is 15.3. The zero-order valence-corrected chi connectivity index (χ0v) is 22.3. The number of carbonyl (C=O) groups excluding carboxylic acids is 2. The number of carbonyl (C=O) groups is 3. The van der Waals surface area contributed by atoms with Gasteiger partial charge in [-0.15, -0.1) is 0 Å². The van der Waals surface area contributed by atoms with Gasteiger partial charge in [0.25, 0.3) is 0 Å². The van der Waals surface area contributed by atoms with E-state index in [4.69, 9.17) is 5.73 Å². The third-order valence-corrected chi connectivity index (χ3v) is 6.77. The highest BCUT2D eigenvalue weighted by molar-refractivity contribution is 5.93. The minimum absolute atomic E-state index is 0.129. The molecular formula is C27H29F3N6O5. The summed E-state index contributed by atoms with van der Waals surface area (Å²) in [5.74, 6) is -5.56. The summed E-state index contributed by atoms with van der Waals surface area (Å²) in [7, 11) is 0. The molecule has 218 valence electrons. The fraction of sp³-hybridized carbons (Fsp3) is 0.370. The number of pyridine rings is 2. The molecule has 1 saturated heterocycles. The highest BCUT2D eigenvalue weighted by atomic mass is 19.1. The normalized spacial score (nSPS) is 16.4. The summed E-state index contributed by atoms with van der Waals surface area (Å²) >= 11 is 0. The molecule has 0 bridgehead atoms. The van der Waals surface area contributed by atoms with Crippen molar-refractivity contribution in [1.29, 1.82) is 0 Å². The first-order valence-corrected chi connectivity index (χ1v) is 13.0. The number of hydrogen-bond acceptors (Lipinski definition) is 7. The number of halogens is 3. The zero-order valence-electron chi connectivity index (χ0n) is 22.3. The van der Waals surface area contributed by atoms with E-state index in [1.807, 2.05) is 6.92 Å². The summed E-state index contributed by atoms with van der Waals surface area (Å²) in [4.78, 5) is 55.2. The number of aromatic carboxylic acids is 1. The molecule has 0 radical (unpaired) electrons. The molecule has 1 aromatic carbocycles. The van der Waals surface area contributed by atoms with Gasteiger partial charge in [0, 0.05) is 31.4 Å². The summed E-state index contributed by atoms with van der Waals surface area (Å²) in [5.41, 5.74) is 3.28. The van der Waals surface area contributed by atoms with Crippen LogP contribution in [0.3, 0.4) is 0 Å². The number of carboxylic acids is 1. The Morgan fingerprint density at radius 1 is 1.17 bits per heavy atom. The van der Waals surface area contributed by atoms with Crippen LogP contribution < -0.4 is 26.7 Å². The Kier molecular flexibility index (Phi) is 8.61. The van der Waals surface area contributed by atoms with Gasteiger partial charge in [-0.05, 0) is 38.0 Å². The Labute approximate surface area is 232 Å². The summed E-state index contributed by atoms with van der Waals surface area (Å²) in [6, 6.07) is 1.38. The quantitative estimate of drug-likeness (QED) is 0.301. The van der Waals surface area contributed by atoms with Gasteiger partial charge < -0.3 is 26.4 Å². The molecule has 5 N–H and O–H groups in total. The van der Waals surface area contributed by atoms with E-state index in [-0.39, 0.29) is 30.2 Å². The molecule has 3 heterocycles. The van der Waals surface area contributed by atoms with Crippen molar-refractivity contribution in [2.45, 2.75) is 51.2 Å². The third kappa shape index (κ3) is 6.16. The molecule has 3 aromatic rings. The first-order chi connectivity index (χ1) is 19.4. The number of amides is 2. The third-order valence-electron chi connectivity index (χ3n) is 6.77. The van der Waals surface area contributed by atoms with E-state index in [0.29, 0.717) is 25.3 Å².